The second-order valence-electron chi connectivity index (χ2n) is 4.82. The van der Waals surface area contributed by atoms with Gasteiger partial charge < -0.3 is 10.1 Å². The smallest absolute Gasteiger partial charge is 0.141 e. The molecule has 4 heteroatoms. The molecule has 1 unspecified atom stereocenters. The molecule has 18 heavy (non-hydrogen) atoms. The predicted molar refractivity (Wildman–Crippen MR) is 68.8 cm³/mol. The number of rotatable bonds is 5. The molecule has 1 aromatic heterocycles. The quantitative estimate of drug-likeness (QED) is 0.875. The van der Waals surface area contributed by atoms with E-state index in [-0.39, 0.29) is 11.9 Å². The van der Waals surface area contributed by atoms with Crippen LogP contribution in [0.5, 0.6) is 0 Å². The van der Waals surface area contributed by atoms with Crippen LogP contribution in [0.3, 0.4) is 0 Å². The fourth-order valence-electron chi connectivity index (χ4n) is 2.50. The summed E-state index contributed by atoms with van der Waals surface area (Å²) >= 11 is 0. The van der Waals surface area contributed by atoms with Crippen LogP contribution in [0.25, 0.3) is 0 Å². The number of ether oxygens (including phenoxy) is 1. The van der Waals surface area contributed by atoms with Gasteiger partial charge in [-0.2, -0.15) is 0 Å². The lowest BCUT2D eigenvalue weighted by molar-refractivity contribution is 0.0535. The van der Waals surface area contributed by atoms with Crippen molar-refractivity contribution in [2.24, 2.45) is 5.92 Å². The number of nitrogens with zero attached hydrogens (tertiary/aromatic N) is 1. The molecule has 0 bridgehead atoms. The highest BCUT2D eigenvalue weighted by molar-refractivity contribution is 5.16. The topological polar surface area (TPSA) is 34.2 Å². The summed E-state index contributed by atoms with van der Waals surface area (Å²) in [5, 5.41) is 3.52. The molecule has 0 aromatic carbocycles. The van der Waals surface area contributed by atoms with Crippen LogP contribution >= 0.6 is 0 Å². The summed E-state index contributed by atoms with van der Waals surface area (Å²) in [7, 11) is 0. The molecule has 100 valence electrons. The number of halogens is 1. The van der Waals surface area contributed by atoms with Crippen molar-refractivity contribution in [1.82, 2.24) is 10.3 Å². The molecule has 2 heterocycles. The van der Waals surface area contributed by atoms with E-state index >= 15 is 0 Å². The summed E-state index contributed by atoms with van der Waals surface area (Å²) in [4.78, 5) is 3.96. The Morgan fingerprint density at radius 1 is 1.44 bits per heavy atom. The maximum atomic E-state index is 13.3. The zero-order chi connectivity index (χ0) is 12.8. The molecule has 1 saturated heterocycles. The molecule has 3 nitrogen and oxygen atoms in total. The van der Waals surface area contributed by atoms with E-state index in [0.29, 0.717) is 5.92 Å². The van der Waals surface area contributed by atoms with Gasteiger partial charge in [-0.25, -0.2) is 4.39 Å². The zero-order valence-corrected chi connectivity index (χ0v) is 10.9. The lowest BCUT2D eigenvalue weighted by Gasteiger charge is -2.31. The van der Waals surface area contributed by atoms with Gasteiger partial charge in [0, 0.05) is 25.5 Å². The summed E-state index contributed by atoms with van der Waals surface area (Å²) in [6.07, 6.45) is 6.15. The number of nitrogens with one attached hydrogen (secondary N) is 1. The van der Waals surface area contributed by atoms with E-state index in [1.165, 1.54) is 6.20 Å². The molecular formula is C14H21FN2O. The Labute approximate surface area is 108 Å². The van der Waals surface area contributed by atoms with E-state index in [0.717, 1.165) is 44.6 Å². The van der Waals surface area contributed by atoms with E-state index in [1.54, 1.807) is 12.3 Å². The van der Waals surface area contributed by atoms with E-state index in [9.17, 15) is 4.39 Å². The lowest BCUT2D eigenvalue weighted by atomic mass is 9.87. The molecule has 0 amide bonds. The predicted octanol–water partition coefficient (Wildman–Crippen LogP) is 2.69. The SMILES string of the molecule is CCCNC(c1cncc(F)c1)C1CCOCC1. The fourth-order valence-corrected chi connectivity index (χ4v) is 2.50. The van der Waals surface area contributed by atoms with Crippen LogP contribution in [0.4, 0.5) is 4.39 Å². The van der Waals surface area contributed by atoms with Crippen molar-refractivity contribution in [2.75, 3.05) is 19.8 Å². The number of aromatic nitrogens is 1. The summed E-state index contributed by atoms with van der Waals surface area (Å²) in [6.45, 7) is 4.69. The molecule has 1 aliphatic heterocycles. The lowest BCUT2D eigenvalue weighted by Crippen LogP contribution is -2.32. The van der Waals surface area contributed by atoms with Gasteiger partial charge in [-0.3, -0.25) is 4.98 Å². The van der Waals surface area contributed by atoms with Crippen LogP contribution < -0.4 is 5.32 Å². The van der Waals surface area contributed by atoms with Gasteiger partial charge in [0.05, 0.1) is 6.20 Å². The highest BCUT2D eigenvalue weighted by atomic mass is 19.1. The highest BCUT2D eigenvalue weighted by Crippen LogP contribution is 2.29. The molecule has 1 fully saturated rings. The van der Waals surface area contributed by atoms with Gasteiger partial charge in [0.2, 0.25) is 0 Å². The summed E-state index contributed by atoms with van der Waals surface area (Å²) in [5.74, 6) is 0.247. The van der Waals surface area contributed by atoms with E-state index in [4.69, 9.17) is 4.74 Å². The van der Waals surface area contributed by atoms with Gasteiger partial charge in [-0.05, 0) is 43.4 Å². The van der Waals surface area contributed by atoms with E-state index in [2.05, 4.69) is 17.2 Å². The van der Waals surface area contributed by atoms with Crippen molar-refractivity contribution in [3.8, 4) is 0 Å². The van der Waals surface area contributed by atoms with Gasteiger partial charge >= 0.3 is 0 Å². The minimum Gasteiger partial charge on any atom is -0.381 e. The second-order valence-corrected chi connectivity index (χ2v) is 4.82. The van der Waals surface area contributed by atoms with Crippen molar-refractivity contribution >= 4 is 0 Å². The molecule has 0 radical (unpaired) electrons. The average Bonchev–Trinajstić information content (AvgIpc) is 2.40. The largest absolute Gasteiger partial charge is 0.381 e. The van der Waals surface area contributed by atoms with Crippen LogP contribution in [0, 0.1) is 11.7 Å². The molecule has 1 aliphatic rings. The molecular weight excluding hydrogens is 231 g/mol. The Morgan fingerprint density at radius 2 is 2.22 bits per heavy atom. The average molecular weight is 252 g/mol. The van der Waals surface area contributed by atoms with Gasteiger partial charge in [-0.1, -0.05) is 6.92 Å². The van der Waals surface area contributed by atoms with Gasteiger partial charge in [0.25, 0.3) is 0 Å². The third kappa shape index (κ3) is 3.50. The van der Waals surface area contributed by atoms with Gasteiger partial charge in [0.1, 0.15) is 5.82 Å². The first-order chi connectivity index (χ1) is 8.81. The molecule has 1 aromatic rings. The second kappa shape index (κ2) is 6.81. The number of hydrogen-bond donors (Lipinski definition) is 1. The maximum Gasteiger partial charge on any atom is 0.141 e. The van der Waals surface area contributed by atoms with Gasteiger partial charge in [0.15, 0.2) is 0 Å². The van der Waals surface area contributed by atoms with Crippen LogP contribution in [-0.2, 0) is 4.74 Å². The zero-order valence-electron chi connectivity index (χ0n) is 10.9. The fraction of sp³-hybridized carbons (Fsp3) is 0.643. The molecule has 2 rings (SSSR count). The summed E-state index contributed by atoms with van der Waals surface area (Å²) < 4.78 is 18.7. The standard InChI is InChI=1S/C14H21FN2O/c1-2-5-17-14(11-3-6-18-7-4-11)12-8-13(15)10-16-9-12/h8-11,14,17H,2-7H2,1H3. The van der Waals surface area contributed by atoms with E-state index < -0.39 is 0 Å². The van der Waals surface area contributed by atoms with Crippen LogP contribution in [0.1, 0.15) is 37.8 Å². The molecule has 0 spiro atoms. The number of pyridine rings is 1. The molecule has 1 atom stereocenters. The number of hydrogen-bond acceptors (Lipinski definition) is 3. The Bertz CT molecular complexity index is 367. The third-order valence-corrected chi connectivity index (χ3v) is 3.44. The first-order valence-electron chi connectivity index (χ1n) is 6.73. The molecule has 1 N–H and O–H groups in total. The minimum absolute atomic E-state index is 0.192. The third-order valence-electron chi connectivity index (χ3n) is 3.44. The maximum absolute atomic E-state index is 13.3. The van der Waals surface area contributed by atoms with Crippen molar-refractivity contribution in [3.63, 3.8) is 0 Å². The monoisotopic (exact) mass is 252 g/mol. The minimum atomic E-state index is -0.261. The van der Waals surface area contributed by atoms with Crippen LogP contribution in [0.15, 0.2) is 18.5 Å². The Balaban J connectivity index is 2.12. The van der Waals surface area contributed by atoms with Crippen LogP contribution in [0.2, 0.25) is 0 Å². The van der Waals surface area contributed by atoms with Crippen molar-refractivity contribution < 1.29 is 9.13 Å². The van der Waals surface area contributed by atoms with Crippen molar-refractivity contribution in [1.29, 1.82) is 0 Å². The highest BCUT2D eigenvalue weighted by Gasteiger charge is 2.25. The van der Waals surface area contributed by atoms with E-state index in [1.807, 2.05) is 0 Å². The first-order valence-corrected chi connectivity index (χ1v) is 6.73. The molecule has 0 aliphatic carbocycles. The van der Waals surface area contributed by atoms with Crippen molar-refractivity contribution in [2.45, 2.75) is 32.2 Å². The Morgan fingerprint density at radius 3 is 2.89 bits per heavy atom. The summed E-state index contributed by atoms with van der Waals surface area (Å²) in [6, 6.07) is 1.78. The van der Waals surface area contributed by atoms with Crippen LogP contribution in [-0.4, -0.2) is 24.7 Å². The van der Waals surface area contributed by atoms with Crippen molar-refractivity contribution in [3.05, 3.63) is 29.8 Å². The summed E-state index contributed by atoms with van der Waals surface area (Å²) in [5.41, 5.74) is 0.954. The molecule has 0 saturated carbocycles. The first kappa shape index (κ1) is 13.4. The Kier molecular flexibility index (Phi) is 5.08. The van der Waals surface area contributed by atoms with Gasteiger partial charge in [-0.15, -0.1) is 0 Å². The Hall–Kier alpha value is -1.00. The normalized spacial score (nSPS) is 18.8.